The van der Waals surface area contributed by atoms with Crippen LogP contribution in [0.5, 0.6) is 0 Å². The lowest BCUT2D eigenvalue weighted by molar-refractivity contribution is -0.122. The fourth-order valence-corrected chi connectivity index (χ4v) is 2.63. The van der Waals surface area contributed by atoms with Crippen molar-refractivity contribution in [1.82, 2.24) is 9.88 Å². The van der Waals surface area contributed by atoms with E-state index in [0.29, 0.717) is 0 Å². The van der Waals surface area contributed by atoms with Gasteiger partial charge in [-0.25, -0.2) is 4.98 Å². The molecule has 0 aromatic carbocycles. The van der Waals surface area contributed by atoms with Gasteiger partial charge >= 0.3 is 0 Å². The van der Waals surface area contributed by atoms with Gasteiger partial charge in [0.2, 0.25) is 5.91 Å². The first-order chi connectivity index (χ1) is 7.16. The summed E-state index contributed by atoms with van der Waals surface area (Å²) in [6.07, 6.45) is 1.94. The van der Waals surface area contributed by atoms with Crippen LogP contribution in [0.15, 0.2) is 5.38 Å². The second-order valence-electron chi connectivity index (χ2n) is 3.89. The lowest BCUT2D eigenvalue weighted by Gasteiger charge is -2.20. The zero-order valence-electron chi connectivity index (χ0n) is 8.77. The summed E-state index contributed by atoms with van der Waals surface area (Å²) in [6, 6.07) is -0.0907. The Morgan fingerprint density at radius 3 is 3.20 bits per heavy atom. The van der Waals surface area contributed by atoms with Crippen LogP contribution in [0.2, 0.25) is 0 Å². The Labute approximate surface area is 93.1 Å². The molecule has 15 heavy (non-hydrogen) atoms. The van der Waals surface area contributed by atoms with Crippen molar-refractivity contribution in [1.29, 1.82) is 0 Å². The number of likely N-dealkylation sites (tertiary alicyclic amines) is 1. The number of thiazole rings is 1. The second-order valence-corrected chi connectivity index (χ2v) is 4.95. The Morgan fingerprint density at radius 1 is 1.80 bits per heavy atom. The number of carbonyl (C=O) groups is 1. The van der Waals surface area contributed by atoms with E-state index in [4.69, 9.17) is 5.73 Å². The van der Waals surface area contributed by atoms with Crippen molar-refractivity contribution in [3.63, 3.8) is 0 Å². The molecule has 1 aliphatic heterocycles. The molecule has 0 bridgehead atoms. The molecule has 2 heterocycles. The maximum absolute atomic E-state index is 11.2. The summed E-state index contributed by atoms with van der Waals surface area (Å²) >= 11 is 1.64. The van der Waals surface area contributed by atoms with Gasteiger partial charge in [-0.15, -0.1) is 11.3 Å². The number of aromatic nitrogens is 1. The van der Waals surface area contributed by atoms with Crippen LogP contribution in [-0.4, -0.2) is 28.4 Å². The first-order valence-electron chi connectivity index (χ1n) is 5.11. The van der Waals surface area contributed by atoms with Crippen molar-refractivity contribution in [2.24, 2.45) is 5.73 Å². The molecule has 1 unspecified atom stereocenters. The largest absolute Gasteiger partial charge is 0.368 e. The van der Waals surface area contributed by atoms with Crippen molar-refractivity contribution >= 4 is 17.2 Å². The van der Waals surface area contributed by atoms with Crippen LogP contribution in [0.3, 0.4) is 0 Å². The molecule has 1 atom stereocenters. The summed E-state index contributed by atoms with van der Waals surface area (Å²) in [4.78, 5) is 17.7. The molecule has 0 aliphatic carbocycles. The molecular weight excluding hydrogens is 210 g/mol. The Morgan fingerprint density at radius 2 is 2.60 bits per heavy atom. The number of nitrogens with zero attached hydrogens (tertiary/aromatic N) is 2. The van der Waals surface area contributed by atoms with Gasteiger partial charge in [0.25, 0.3) is 0 Å². The van der Waals surface area contributed by atoms with E-state index in [0.717, 1.165) is 36.6 Å². The van der Waals surface area contributed by atoms with E-state index in [9.17, 15) is 4.79 Å². The fourth-order valence-electron chi connectivity index (χ4n) is 2.03. The molecule has 2 N–H and O–H groups in total. The lowest BCUT2D eigenvalue weighted by atomic mass is 10.2. The van der Waals surface area contributed by atoms with Gasteiger partial charge in [0, 0.05) is 11.9 Å². The Balaban J connectivity index is 2.02. The molecule has 2 rings (SSSR count). The van der Waals surface area contributed by atoms with Gasteiger partial charge in [-0.05, 0) is 26.3 Å². The molecule has 82 valence electrons. The van der Waals surface area contributed by atoms with Gasteiger partial charge < -0.3 is 5.73 Å². The van der Waals surface area contributed by atoms with Crippen LogP contribution in [-0.2, 0) is 11.3 Å². The van der Waals surface area contributed by atoms with E-state index >= 15 is 0 Å². The first-order valence-corrected chi connectivity index (χ1v) is 5.99. The highest BCUT2D eigenvalue weighted by Crippen LogP contribution is 2.20. The van der Waals surface area contributed by atoms with Crippen molar-refractivity contribution in [2.75, 3.05) is 6.54 Å². The number of rotatable bonds is 3. The molecule has 1 aromatic rings. The number of primary amides is 1. The quantitative estimate of drug-likeness (QED) is 0.831. The summed E-state index contributed by atoms with van der Waals surface area (Å²) in [6.45, 7) is 3.69. The zero-order valence-corrected chi connectivity index (χ0v) is 9.59. The second kappa shape index (κ2) is 4.28. The summed E-state index contributed by atoms with van der Waals surface area (Å²) in [5.74, 6) is -0.209. The van der Waals surface area contributed by atoms with Gasteiger partial charge in [-0.1, -0.05) is 0 Å². The van der Waals surface area contributed by atoms with Gasteiger partial charge in [0.1, 0.15) is 0 Å². The van der Waals surface area contributed by atoms with Crippen molar-refractivity contribution in [2.45, 2.75) is 32.4 Å². The minimum absolute atomic E-state index is 0.0907. The summed E-state index contributed by atoms with van der Waals surface area (Å²) in [7, 11) is 0. The molecule has 1 fully saturated rings. The molecule has 1 aliphatic rings. The minimum atomic E-state index is -0.209. The van der Waals surface area contributed by atoms with Crippen molar-refractivity contribution in [3.8, 4) is 0 Å². The third kappa shape index (κ3) is 2.35. The number of aryl methyl sites for hydroxylation is 1. The monoisotopic (exact) mass is 225 g/mol. The average molecular weight is 225 g/mol. The first kappa shape index (κ1) is 10.6. The van der Waals surface area contributed by atoms with E-state index in [1.807, 2.05) is 12.3 Å². The van der Waals surface area contributed by atoms with Crippen LogP contribution < -0.4 is 5.73 Å². The molecule has 4 nitrogen and oxygen atoms in total. The molecule has 0 saturated carbocycles. The zero-order chi connectivity index (χ0) is 10.8. The van der Waals surface area contributed by atoms with Crippen molar-refractivity contribution in [3.05, 3.63) is 16.1 Å². The van der Waals surface area contributed by atoms with Gasteiger partial charge in [0.05, 0.1) is 16.7 Å². The number of hydrogen-bond acceptors (Lipinski definition) is 4. The standard InChI is InChI=1S/C10H15N3OS/c1-7-12-8(6-15-7)5-13-4-2-3-9(13)10(11)14/h6,9H,2-5H2,1H3,(H2,11,14). The van der Waals surface area contributed by atoms with Crippen molar-refractivity contribution < 1.29 is 4.79 Å². The van der Waals surface area contributed by atoms with Crippen LogP contribution >= 0.6 is 11.3 Å². The summed E-state index contributed by atoms with van der Waals surface area (Å²) in [5, 5.41) is 3.12. The smallest absolute Gasteiger partial charge is 0.234 e. The Hall–Kier alpha value is -0.940. The minimum Gasteiger partial charge on any atom is -0.368 e. The topological polar surface area (TPSA) is 59.2 Å². The van der Waals surface area contributed by atoms with Gasteiger partial charge in [0.15, 0.2) is 0 Å². The molecule has 0 spiro atoms. The van der Waals surface area contributed by atoms with Crippen LogP contribution in [0, 0.1) is 6.92 Å². The van der Waals surface area contributed by atoms with Crippen LogP contribution in [0.25, 0.3) is 0 Å². The average Bonchev–Trinajstić information content (AvgIpc) is 2.75. The number of carbonyl (C=O) groups excluding carboxylic acids is 1. The summed E-state index contributed by atoms with van der Waals surface area (Å²) < 4.78 is 0. The number of hydrogen-bond donors (Lipinski definition) is 1. The molecular formula is C10H15N3OS. The molecule has 1 amide bonds. The Bertz CT molecular complexity index is 363. The van der Waals surface area contributed by atoms with E-state index in [1.54, 1.807) is 11.3 Å². The summed E-state index contributed by atoms with van der Waals surface area (Å²) in [5.41, 5.74) is 6.40. The number of nitrogens with two attached hydrogens (primary N) is 1. The normalized spacial score (nSPS) is 22.1. The van der Waals surface area contributed by atoms with Crippen LogP contribution in [0.1, 0.15) is 23.5 Å². The molecule has 1 aromatic heterocycles. The van der Waals surface area contributed by atoms with E-state index < -0.39 is 0 Å². The third-order valence-electron chi connectivity index (χ3n) is 2.72. The SMILES string of the molecule is Cc1nc(CN2CCCC2C(N)=O)cs1. The van der Waals surface area contributed by atoms with Crippen LogP contribution in [0.4, 0.5) is 0 Å². The Kier molecular flexibility index (Phi) is 3.02. The van der Waals surface area contributed by atoms with E-state index in [1.165, 1.54) is 0 Å². The highest BCUT2D eigenvalue weighted by molar-refractivity contribution is 7.09. The van der Waals surface area contributed by atoms with Gasteiger partial charge in [-0.2, -0.15) is 0 Å². The number of amides is 1. The molecule has 0 radical (unpaired) electrons. The van der Waals surface area contributed by atoms with E-state index in [-0.39, 0.29) is 11.9 Å². The fraction of sp³-hybridized carbons (Fsp3) is 0.600. The predicted molar refractivity (Wildman–Crippen MR) is 59.5 cm³/mol. The van der Waals surface area contributed by atoms with Gasteiger partial charge in [-0.3, -0.25) is 9.69 Å². The molecule has 1 saturated heterocycles. The lowest BCUT2D eigenvalue weighted by Crippen LogP contribution is -2.39. The third-order valence-corrected chi connectivity index (χ3v) is 3.55. The van der Waals surface area contributed by atoms with E-state index in [2.05, 4.69) is 9.88 Å². The maximum atomic E-state index is 11.2. The predicted octanol–water partition coefficient (Wildman–Crippen LogP) is 0.901. The molecule has 5 heteroatoms. The maximum Gasteiger partial charge on any atom is 0.234 e. The highest BCUT2D eigenvalue weighted by Gasteiger charge is 2.29. The highest BCUT2D eigenvalue weighted by atomic mass is 32.1.